The predicted molar refractivity (Wildman–Crippen MR) is 84.2 cm³/mol. The van der Waals surface area contributed by atoms with E-state index in [1.807, 2.05) is 11.6 Å². The van der Waals surface area contributed by atoms with Gasteiger partial charge in [0.05, 0.1) is 0 Å². The highest BCUT2D eigenvalue weighted by atomic mass is 15.2. The summed E-state index contributed by atoms with van der Waals surface area (Å²) in [6.07, 6.45) is 5.10. The Kier molecular flexibility index (Phi) is 3.81. The summed E-state index contributed by atoms with van der Waals surface area (Å²) >= 11 is 0. The summed E-state index contributed by atoms with van der Waals surface area (Å²) < 4.78 is 1.99. The first-order valence-electron chi connectivity index (χ1n) is 7.73. The fraction of sp³-hybridized carbons (Fsp3) is 0.529. The lowest BCUT2D eigenvalue weighted by molar-refractivity contribution is 0.359. The molecule has 2 aromatic rings. The van der Waals surface area contributed by atoms with Gasteiger partial charge in [0.1, 0.15) is 12.2 Å². The Labute approximate surface area is 126 Å². The second-order valence-corrected chi connectivity index (χ2v) is 6.62. The number of benzene rings is 1. The Morgan fingerprint density at radius 1 is 1.33 bits per heavy atom. The van der Waals surface area contributed by atoms with Crippen LogP contribution in [0, 0.1) is 0 Å². The van der Waals surface area contributed by atoms with Crippen molar-refractivity contribution in [2.24, 2.45) is 7.05 Å². The molecule has 1 aromatic carbocycles. The number of rotatable bonds is 4. The molecule has 1 atom stereocenters. The van der Waals surface area contributed by atoms with E-state index in [1.54, 1.807) is 6.33 Å². The summed E-state index contributed by atoms with van der Waals surface area (Å²) in [6.45, 7) is 5.63. The minimum absolute atomic E-state index is 0.290. The summed E-state index contributed by atoms with van der Waals surface area (Å²) in [5.41, 5.74) is 3.25. The van der Waals surface area contributed by atoms with Crippen molar-refractivity contribution < 1.29 is 0 Å². The van der Waals surface area contributed by atoms with Crippen molar-refractivity contribution in [3.8, 4) is 0 Å². The van der Waals surface area contributed by atoms with E-state index in [9.17, 15) is 0 Å². The number of fused-ring (bicyclic) bond motifs is 1. The summed E-state index contributed by atoms with van der Waals surface area (Å²) in [7, 11) is 1.99. The van der Waals surface area contributed by atoms with Crippen LogP contribution in [0.3, 0.4) is 0 Å². The van der Waals surface area contributed by atoms with E-state index in [0.29, 0.717) is 11.5 Å². The van der Waals surface area contributed by atoms with Gasteiger partial charge in [-0.15, -0.1) is 10.2 Å². The Bertz CT molecular complexity index is 615. The summed E-state index contributed by atoms with van der Waals surface area (Å²) in [6, 6.07) is 9.32. The molecule has 1 N–H and O–H groups in total. The zero-order chi connectivity index (χ0) is 14.9. The van der Waals surface area contributed by atoms with E-state index in [0.717, 1.165) is 18.8 Å². The maximum Gasteiger partial charge on any atom is 0.133 e. The quantitative estimate of drug-likeness (QED) is 0.939. The smallest absolute Gasteiger partial charge is 0.133 e. The lowest BCUT2D eigenvalue weighted by atomic mass is 9.71. The molecule has 1 aromatic heterocycles. The van der Waals surface area contributed by atoms with Gasteiger partial charge in [-0.05, 0) is 29.4 Å². The molecule has 1 unspecified atom stereocenters. The van der Waals surface area contributed by atoms with Crippen molar-refractivity contribution in [2.75, 3.05) is 6.54 Å². The van der Waals surface area contributed by atoms with Gasteiger partial charge in [0.25, 0.3) is 0 Å². The largest absolute Gasteiger partial charge is 0.321 e. The van der Waals surface area contributed by atoms with Crippen LogP contribution < -0.4 is 5.32 Å². The molecule has 0 aliphatic heterocycles. The number of hydrogen-bond acceptors (Lipinski definition) is 3. The summed E-state index contributed by atoms with van der Waals surface area (Å²) in [5, 5.41) is 11.8. The van der Waals surface area contributed by atoms with Crippen molar-refractivity contribution in [3.05, 3.63) is 47.5 Å². The third-order valence-corrected chi connectivity index (χ3v) is 4.67. The third kappa shape index (κ3) is 2.86. The highest BCUT2D eigenvalue weighted by Crippen LogP contribution is 2.41. The molecule has 0 fully saturated rings. The average Bonchev–Trinajstić information content (AvgIpc) is 2.87. The molecule has 4 nitrogen and oxygen atoms in total. The molecule has 0 radical (unpaired) electrons. The van der Waals surface area contributed by atoms with Crippen LogP contribution in [0.15, 0.2) is 30.6 Å². The van der Waals surface area contributed by atoms with E-state index in [4.69, 9.17) is 0 Å². The Balaban J connectivity index is 1.68. The fourth-order valence-corrected chi connectivity index (χ4v) is 3.32. The monoisotopic (exact) mass is 284 g/mol. The van der Waals surface area contributed by atoms with Crippen LogP contribution in [0.2, 0.25) is 0 Å². The van der Waals surface area contributed by atoms with Crippen LogP contribution >= 0.6 is 0 Å². The first-order chi connectivity index (χ1) is 10.1. The summed E-state index contributed by atoms with van der Waals surface area (Å²) in [4.78, 5) is 0. The van der Waals surface area contributed by atoms with Gasteiger partial charge in [-0.25, -0.2) is 0 Å². The van der Waals surface area contributed by atoms with Gasteiger partial charge in [0.15, 0.2) is 0 Å². The van der Waals surface area contributed by atoms with Gasteiger partial charge in [-0.1, -0.05) is 38.1 Å². The molecule has 1 aliphatic rings. The molecule has 0 spiro atoms. The van der Waals surface area contributed by atoms with Crippen molar-refractivity contribution in [3.63, 3.8) is 0 Å². The van der Waals surface area contributed by atoms with E-state index in [2.05, 4.69) is 53.6 Å². The van der Waals surface area contributed by atoms with Gasteiger partial charge in [-0.3, -0.25) is 0 Å². The molecule has 1 aliphatic carbocycles. The molecule has 0 saturated heterocycles. The van der Waals surface area contributed by atoms with Crippen molar-refractivity contribution in [1.29, 1.82) is 0 Å². The maximum atomic E-state index is 4.14. The zero-order valence-corrected chi connectivity index (χ0v) is 13.1. The highest BCUT2D eigenvalue weighted by molar-refractivity contribution is 5.38. The Hall–Kier alpha value is -1.68. The minimum atomic E-state index is 0.290. The van der Waals surface area contributed by atoms with Crippen LogP contribution in [0.4, 0.5) is 0 Å². The molecule has 3 rings (SSSR count). The average molecular weight is 284 g/mol. The van der Waals surface area contributed by atoms with Crippen molar-refractivity contribution in [1.82, 2.24) is 20.1 Å². The van der Waals surface area contributed by atoms with Crippen molar-refractivity contribution in [2.45, 2.75) is 44.6 Å². The molecule has 112 valence electrons. The molecular formula is C17H24N4. The first kappa shape index (κ1) is 14.3. The topological polar surface area (TPSA) is 42.7 Å². The molecule has 0 amide bonds. The van der Waals surface area contributed by atoms with Gasteiger partial charge < -0.3 is 9.88 Å². The van der Waals surface area contributed by atoms with Crippen LogP contribution in [0.25, 0.3) is 0 Å². The van der Waals surface area contributed by atoms with E-state index >= 15 is 0 Å². The Morgan fingerprint density at radius 3 is 2.90 bits per heavy atom. The second kappa shape index (κ2) is 5.60. The van der Waals surface area contributed by atoms with Crippen LogP contribution in [0.5, 0.6) is 0 Å². The molecule has 1 heterocycles. The minimum Gasteiger partial charge on any atom is -0.321 e. The van der Waals surface area contributed by atoms with Crippen molar-refractivity contribution >= 4 is 0 Å². The number of aromatic nitrogens is 3. The molecule has 21 heavy (non-hydrogen) atoms. The molecular weight excluding hydrogens is 260 g/mol. The fourth-order valence-electron chi connectivity index (χ4n) is 3.32. The first-order valence-corrected chi connectivity index (χ1v) is 7.73. The van der Waals surface area contributed by atoms with Crippen LogP contribution in [-0.4, -0.2) is 21.3 Å². The number of nitrogens with zero attached hydrogens (tertiary/aromatic N) is 3. The lowest BCUT2D eigenvalue weighted by Crippen LogP contribution is -2.33. The zero-order valence-electron chi connectivity index (χ0n) is 13.1. The number of aryl methyl sites for hydroxylation is 1. The number of nitrogens with one attached hydrogen (secondary N) is 1. The lowest BCUT2D eigenvalue weighted by Gasteiger charge is -2.37. The predicted octanol–water partition coefficient (Wildman–Crippen LogP) is 2.76. The van der Waals surface area contributed by atoms with Gasteiger partial charge in [0.2, 0.25) is 0 Å². The van der Waals surface area contributed by atoms with E-state index in [-0.39, 0.29) is 0 Å². The summed E-state index contributed by atoms with van der Waals surface area (Å²) in [5.74, 6) is 1.03. The van der Waals surface area contributed by atoms with Gasteiger partial charge >= 0.3 is 0 Å². The van der Waals surface area contributed by atoms with Crippen LogP contribution in [-0.2, 0) is 18.9 Å². The molecule has 0 bridgehead atoms. The highest BCUT2D eigenvalue weighted by Gasteiger charge is 2.31. The Morgan fingerprint density at radius 2 is 2.14 bits per heavy atom. The maximum absolute atomic E-state index is 4.14. The second-order valence-electron chi connectivity index (χ2n) is 6.62. The van der Waals surface area contributed by atoms with Crippen LogP contribution in [0.1, 0.15) is 49.7 Å². The number of hydrogen-bond donors (Lipinski definition) is 1. The molecule has 0 saturated carbocycles. The van der Waals surface area contributed by atoms with Gasteiger partial charge in [-0.2, -0.15) is 0 Å². The SMILES string of the molecule is Cn1cnnc1CCNC1CCC(C)(C)c2ccccc21. The third-order valence-electron chi connectivity index (χ3n) is 4.67. The molecule has 4 heteroatoms. The van der Waals surface area contributed by atoms with E-state index in [1.165, 1.54) is 24.0 Å². The standard InChI is InChI=1S/C17H24N4/c1-17(2)10-8-15(13-6-4-5-7-14(13)17)18-11-9-16-20-19-12-21(16)3/h4-7,12,15,18H,8-11H2,1-3H3. The van der Waals surface area contributed by atoms with E-state index < -0.39 is 0 Å². The normalized spacial score (nSPS) is 20.2. The van der Waals surface area contributed by atoms with Gasteiger partial charge in [0, 0.05) is 26.1 Å².